The lowest BCUT2D eigenvalue weighted by Crippen LogP contribution is -2.03. The fourth-order valence-corrected chi connectivity index (χ4v) is 1.61. The summed E-state index contributed by atoms with van der Waals surface area (Å²) in [7, 11) is 0. The molecule has 1 aromatic heterocycles. The standard InChI is InChI=1S/C13H9ClFNO3/c14-10-4-11(6-16-5-10)19-7-9-3-8(13(17)18)1-2-12(9)15/h1-6H,7H2,(H,17,18). The van der Waals surface area contributed by atoms with Crippen LogP contribution in [0.2, 0.25) is 5.02 Å². The number of carbonyl (C=O) groups is 1. The third-order valence-electron chi connectivity index (χ3n) is 2.37. The Morgan fingerprint density at radius 2 is 2.16 bits per heavy atom. The van der Waals surface area contributed by atoms with E-state index >= 15 is 0 Å². The molecule has 4 nitrogen and oxygen atoms in total. The zero-order valence-corrected chi connectivity index (χ0v) is 10.4. The molecule has 98 valence electrons. The Hall–Kier alpha value is -2.14. The van der Waals surface area contributed by atoms with Crippen molar-refractivity contribution >= 4 is 17.6 Å². The number of nitrogens with zero attached hydrogens (tertiary/aromatic N) is 1. The van der Waals surface area contributed by atoms with E-state index in [1.165, 1.54) is 30.6 Å². The fourth-order valence-electron chi connectivity index (χ4n) is 1.45. The first-order valence-corrected chi connectivity index (χ1v) is 5.69. The van der Waals surface area contributed by atoms with E-state index in [0.717, 1.165) is 6.07 Å². The van der Waals surface area contributed by atoms with Gasteiger partial charge in [0.2, 0.25) is 0 Å². The number of benzene rings is 1. The molecule has 0 saturated heterocycles. The quantitative estimate of drug-likeness (QED) is 0.935. The van der Waals surface area contributed by atoms with Crippen molar-refractivity contribution in [2.75, 3.05) is 0 Å². The molecule has 1 aromatic carbocycles. The average molecular weight is 282 g/mol. The Kier molecular flexibility index (Phi) is 3.97. The van der Waals surface area contributed by atoms with E-state index in [9.17, 15) is 9.18 Å². The van der Waals surface area contributed by atoms with Crippen molar-refractivity contribution in [2.45, 2.75) is 6.61 Å². The summed E-state index contributed by atoms with van der Waals surface area (Å²) in [6, 6.07) is 5.06. The summed E-state index contributed by atoms with van der Waals surface area (Å²) in [4.78, 5) is 14.6. The van der Waals surface area contributed by atoms with Gasteiger partial charge in [-0.25, -0.2) is 9.18 Å². The summed E-state index contributed by atoms with van der Waals surface area (Å²) < 4.78 is 18.8. The molecule has 0 unspecified atom stereocenters. The first-order chi connectivity index (χ1) is 9.06. The molecule has 0 aliphatic rings. The van der Waals surface area contributed by atoms with Crippen molar-refractivity contribution in [3.8, 4) is 5.75 Å². The van der Waals surface area contributed by atoms with Gasteiger partial charge in [0.15, 0.2) is 0 Å². The molecule has 0 aliphatic heterocycles. The summed E-state index contributed by atoms with van der Waals surface area (Å²) in [5.74, 6) is -1.27. The number of carboxylic acid groups (broad SMARTS) is 1. The fraction of sp³-hybridized carbons (Fsp3) is 0.0769. The number of halogens is 2. The van der Waals surface area contributed by atoms with Crippen LogP contribution >= 0.6 is 11.6 Å². The number of aromatic nitrogens is 1. The number of aromatic carboxylic acids is 1. The van der Waals surface area contributed by atoms with Crippen LogP contribution in [0, 0.1) is 5.82 Å². The highest BCUT2D eigenvalue weighted by atomic mass is 35.5. The zero-order chi connectivity index (χ0) is 13.8. The smallest absolute Gasteiger partial charge is 0.335 e. The van der Waals surface area contributed by atoms with Crippen molar-refractivity contribution in [3.63, 3.8) is 0 Å². The highest BCUT2D eigenvalue weighted by molar-refractivity contribution is 6.30. The first kappa shape index (κ1) is 13.3. The molecule has 0 fully saturated rings. The maximum atomic E-state index is 13.5. The lowest BCUT2D eigenvalue weighted by Gasteiger charge is -2.07. The summed E-state index contributed by atoms with van der Waals surface area (Å²) in [6.07, 6.45) is 2.88. The molecule has 1 N–H and O–H groups in total. The number of carboxylic acids is 1. The van der Waals surface area contributed by atoms with E-state index in [4.69, 9.17) is 21.4 Å². The van der Waals surface area contributed by atoms with Gasteiger partial charge in [0.25, 0.3) is 0 Å². The van der Waals surface area contributed by atoms with Crippen molar-refractivity contribution in [1.82, 2.24) is 4.98 Å². The van der Waals surface area contributed by atoms with Gasteiger partial charge in [-0.15, -0.1) is 0 Å². The lowest BCUT2D eigenvalue weighted by atomic mass is 10.1. The number of rotatable bonds is 4. The van der Waals surface area contributed by atoms with Crippen LogP contribution in [-0.2, 0) is 6.61 Å². The Bertz CT molecular complexity index is 619. The topological polar surface area (TPSA) is 59.4 Å². The lowest BCUT2D eigenvalue weighted by molar-refractivity contribution is 0.0696. The van der Waals surface area contributed by atoms with Crippen LogP contribution in [0.1, 0.15) is 15.9 Å². The van der Waals surface area contributed by atoms with Crippen LogP contribution in [0.3, 0.4) is 0 Å². The van der Waals surface area contributed by atoms with E-state index in [2.05, 4.69) is 4.98 Å². The predicted molar refractivity (Wildman–Crippen MR) is 66.9 cm³/mol. The number of hydrogen-bond acceptors (Lipinski definition) is 3. The van der Waals surface area contributed by atoms with Gasteiger partial charge in [0.1, 0.15) is 18.2 Å². The molecule has 1 heterocycles. The second kappa shape index (κ2) is 5.67. The number of pyridine rings is 1. The monoisotopic (exact) mass is 281 g/mol. The highest BCUT2D eigenvalue weighted by Gasteiger charge is 2.09. The van der Waals surface area contributed by atoms with Gasteiger partial charge < -0.3 is 9.84 Å². The third-order valence-corrected chi connectivity index (χ3v) is 2.57. The summed E-state index contributed by atoms with van der Waals surface area (Å²) in [5.41, 5.74) is 0.157. The normalized spacial score (nSPS) is 10.2. The number of ether oxygens (including phenoxy) is 1. The van der Waals surface area contributed by atoms with Crippen molar-refractivity contribution in [2.24, 2.45) is 0 Å². The molecular formula is C13H9ClFNO3. The van der Waals surface area contributed by atoms with Gasteiger partial charge in [-0.1, -0.05) is 11.6 Å². The minimum Gasteiger partial charge on any atom is -0.487 e. The Balaban J connectivity index is 2.15. The average Bonchev–Trinajstić information content (AvgIpc) is 2.37. The second-order valence-electron chi connectivity index (χ2n) is 3.74. The van der Waals surface area contributed by atoms with E-state index < -0.39 is 11.8 Å². The van der Waals surface area contributed by atoms with Gasteiger partial charge >= 0.3 is 5.97 Å². The van der Waals surface area contributed by atoms with Gasteiger partial charge in [0, 0.05) is 17.8 Å². The van der Waals surface area contributed by atoms with Crippen LogP contribution in [0.15, 0.2) is 36.7 Å². The largest absolute Gasteiger partial charge is 0.487 e. The Morgan fingerprint density at radius 1 is 1.37 bits per heavy atom. The van der Waals surface area contributed by atoms with E-state index in [1.807, 2.05) is 0 Å². The molecule has 0 aliphatic carbocycles. The van der Waals surface area contributed by atoms with Crippen molar-refractivity contribution < 1.29 is 19.0 Å². The molecule has 6 heteroatoms. The Labute approximate surface area is 113 Å². The maximum Gasteiger partial charge on any atom is 0.335 e. The molecule has 2 aromatic rings. The second-order valence-corrected chi connectivity index (χ2v) is 4.18. The zero-order valence-electron chi connectivity index (χ0n) is 9.64. The molecule has 2 rings (SSSR count). The van der Waals surface area contributed by atoms with Crippen LogP contribution < -0.4 is 4.74 Å². The third kappa shape index (κ3) is 3.42. The minimum atomic E-state index is -1.12. The SMILES string of the molecule is O=C(O)c1ccc(F)c(COc2cncc(Cl)c2)c1. The molecule has 0 atom stereocenters. The van der Waals surface area contributed by atoms with Gasteiger partial charge in [0.05, 0.1) is 16.8 Å². The highest BCUT2D eigenvalue weighted by Crippen LogP contribution is 2.18. The molecule has 0 bridgehead atoms. The van der Waals surface area contributed by atoms with Crippen LogP contribution in [0.25, 0.3) is 0 Å². The molecule has 0 amide bonds. The Morgan fingerprint density at radius 3 is 2.84 bits per heavy atom. The maximum absolute atomic E-state index is 13.5. The van der Waals surface area contributed by atoms with Crippen LogP contribution in [0.4, 0.5) is 4.39 Å². The van der Waals surface area contributed by atoms with E-state index in [0.29, 0.717) is 10.8 Å². The molecule has 0 saturated carbocycles. The van der Waals surface area contributed by atoms with E-state index in [1.54, 1.807) is 0 Å². The van der Waals surface area contributed by atoms with Crippen LogP contribution in [-0.4, -0.2) is 16.1 Å². The minimum absolute atomic E-state index is 0.00391. The molecule has 19 heavy (non-hydrogen) atoms. The van der Waals surface area contributed by atoms with Gasteiger partial charge in [-0.05, 0) is 18.2 Å². The van der Waals surface area contributed by atoms with Crippen molar-refractivity contribution in [3.05, 3.63) is 58.6 Å². The van der Waals surface area contributed by atoms with Crippen LogP contribution in [0.5, 0.6) is 5.75 Å². The summed E-state index contributed by atoms with van der Waals surface area (Å²) in [6.45, 7) is -0.102. The van der Waals surface area contributed by atoms with Crippen molar-refractivity contribution in [1.29, 1.82) is 0 Å². The molecule has 0 radical (unpaired) electrons. The first-order valence-electron chi connectivity index (χ1n) is 5.31. The predicted octanol–water partition coefficient (Wildman–Crippen LogP) is 3.15. The summed E-state index contributed by atoms with van der Waals surface area (Å²) in [5, 5.41) is 9.23. The number of hydrogen-bond donors (Lipinski definition) is 1. The van der Waals surface area contributed by atoms with E-state index in [-0.39, 0.29) is 17.7 Å². The molecule has 0 spiro atoms. The van der Waals surface area contributed by atoms with Gasteiger partial charge in [-0.3, -0.25) is 4.98 Å². The summed E-state index contributed by atoms with van der Waals surface area (Å²) >= 11 is 5.73. The molecular weight excluding hydrogens is 273 g/mol. The van der Waals surface area contributed by atoms with Gasteiger partial charge in [-0.2, -0.15) is 0 Å².